The average Bonchev–Trinajstić information content (AvgIpc) is 2.67. The van der Waals surface area contributed by atoms with Gasteiger partial charge in [0, 0.05) is 35.6 Å². The predicted octanol–water partition coefficient (Wildman–Crippen LogP) is 3.15. The van der Waals surface area contributed by atoms with Crippen LogP contribution >= 0.6 is 0 Å². The van der Waals surface area contributed by atoms with Crippen LogP contribution < -0.4 is 0 Å². The van der Waals surface area contributed by atoms with Gasteiger partial charge in [0.15, 0.2) is 0 Å². The Bertz CT molecular complexity index is 925. The second kappa shape index (κ2) is 6.61. The summed E-state index contributed by atoms with van der Waals surface area (Å²) in [6, 6.07) is 13.5. The maximum Gasteiger partial charge on any atom is 0.254 e. The van der Waals surface area contributed by atoms with E-state index in [1.807, 2.05) is 54.3 Å². The minimum absolute atomic E-state index is 0.0323. The number of benzene rings is 1. The molecule has 1 aromatic carbocycles. The van der Waals surface area contributed by atoms with Crippen LogP contribution in [0.5, 0.6) is 0 Å². The smallest absolute Gasteiger partial charge is 0.254 e. The van der Waals surface area contributed by atoms with Crippen LogP contribution in [0.25, 0.3) is 10.9 Å². The number of ether oxygens (including phenoxy) is 1. The van der Waals surface area contributed by atoms with E-state index in [1.54, 1.807) is 12.4 Å². The Kier molecular flexibility index (Phi) is 4.15. The summed E-state index contributed by atoms with van der Waals surface area (Å²) in [6.07, 6.45) is 3.43. The normalized spacial score (nSPS) is 17.6. The number of morpholine rings is 1. The zero-order valence-corrected chi connectivity index (χ0v) is 14.1. The molecule has 0 radical (unpaired) electrons. The Hall–Kier alpha value is -2.79. The maximum absolute atomic E-state index is 12.9. The number of fused-ring (bicyclic) bond motifs is 1. The van der Waals surface area contributed by atoms with E-state index in [4.69, 9.17) is 4.74 Å². The maximum atomic E-state index is 12.9. The molecule has 1 amide bonds. The fraction of sp³-hybridized carbons (Fsp3) is 0.250. The lowest BCUT2D eigenvalue weighted by atomic mass is 10.1. The minimum atomic E-state index is -0.110. The van der Waals surface area contributed by atoms with E-state index in [0.29, 0.717) is 25.3 Å². The fourth-order valence-corrected chi connectivity index (χ4v) is 3.19. The number of aromatic nitrogens is 2. The molecule has 0 saturated carbocycles. The third-order valence-corrected chi connectivity index (χ3v) is 4.50. The first-order valence-electron chi connectivity index (χ1n) is 8.39. The second-order valence-corrected chi connectivity index (χ2v) is 6.25. The number of aryl methyl sites for hydroxylation is 1. The number of carbonyl (C=O) groups excluding carboxylic acids is 1. The highest BCUT2D eigenvalue weighted by atomic mass is 16.5. The van der Waals surface area contributed by atoms with E-state index in [1.165, 1.54) is 0 Å². The summed E-state index contributed by atoms with van der Waals surface area (Å²) in [5.74, 6) is 0.0323. The summed E-state index contributed by atoms with van der Waals surface area (Å²) in [4.78, 5) is 23.3. The standard InChI is InChI=1S/C20H19N3O2/c1-14-11-16(6-8-21-14)19-13-23(9-10-25-19)20(24)17-4-5-18-15(12-17)3-2-7-22-18/h2-8,11-12,19H,9-10,13H2,1H3/t19-/m0/s1. The lowest BCUT2D eigenvalue weighted by molar-refractivity contribution is -0.0228. The van der Waals surface area contributed by atoms with Gasteiger partial charge < -0.3 is 9.64 Å². The molecule has 1 aliphatic rings. The molecule has 1 atom stereocenters. The lowest BCUT2D eigenvalue weighted by Crippen LogP contribution is -2.42. The molecular weight excluding hydrogens is 314 g/mol. The number of hydrogen-bond acceptors (Lipinski definition) is 4. The summed E-state index contributed by atoms with van der Waals surface area (Å²) in [6.45, 7) is 3.64. The van der Waals surface area contributed by atoms with Crippen molar-refractivity contribution in [2.45, 2.75) is 13.0 Å². The van der Waals surface area contributed by atoms with Gasteiger partial charge in [-0.05, 0) is 48.9 Å². The number of hydrogen-bond donors (Lipinski definition) is 0. The zero-order chi connectivity index (χ0) is 17.2. The van der Waals surface area contributed by atoms with Crippen molar-refractivity contribution >= 4 is 16.8 Å². The quantitative estimate of drug-likeness (QED) is 0.723. The summed E-state index contributed by atoms with van der Waals surface area (Å²) in [7, 11) is 0. The van der Waals surface area contributed by atoms with Crippen molar-refractivity contribution in [2.75, 3.05) is 19.7 Å². The number of amides is 1. The Balaban J connectivity index is 1.56. The fourth-order valence-electron chi connectivity index (χ4n) is 3.19. The van der Waals surface area contributed by atoms with Crippen molar-refractivity contribution in [1.82, 2.24) is 14.9 Å². The van der Waals surface area contributed by atoms with Crippen LogP contribution in [-0.2, 0) is 4.74 Å². The molecule has 4 rings (SSSR count). The molecule has 0 spiro atoms. The van der Waals surface area contributed by atoms with Crippen LogP contribution in [0.3, 0.4) is 0 Å². The van der Waals surface area contributed by atoms with E-state index in [-0.39, 0.29) is 12.0 Å². The molecule has 2 aromatic heterocycles. The topological polar surface area (TPSA) is 55.3 Å². The third-order valence-electron chi connectivity index (χ3n) is 4.50. The first-order valence-corrected chi connectivity index (χ1v) is 8.39. The molecule has 3 heterocycles. The SMILES string of the molecule is Cc1cc([C@@H]2CN(C(=O)c3ccc4ncccc4c3)CCO2)ccn1. The summed E-state index contributed by atoms with van der Waals surface area (Å²) < 4.78 is 5.87. The highest BCUT2D eigenvalue weighted by Crippen LogP contribution is 2.24. The molecule has 0 bridgehead atoms. The van der Waals surface area contributed by atoms with E-state index in [2.05, 4.69) is 9.97 Å². The van der Waals surface area contributed by atoms with Gasteiger partial charge in [0.2, 0.25) is 0 Å². The molecular formula is C20H19N3O2. The number of rotatable bonds is 2. The number of pyridine rings is 2. The van der Waals surface area contributed by atoms with Gasteiger partial charge in [-0.2, -0.15) is 0 Å². The predicted molar refractivity (Wildman–Crippen MR) is 95.3 cm³/mol. The van der Waals surface area contributed by atoms with Gasteiger partial charge in [-0.1, -0.05) is 6.07 Å². The van der Waals surface area contributed by atoms with Crippen LogP contribution in [0.15, 0.2) is 54.9 Å². The highest BCUT2D eigenvalue weighted by Gasteiger charge is 2.26. The van der Waals surface area contributed by atoms with Crippen LogP contribution in [0.1, 0.15) is 27.7 Å². The van der Waals surface area contributed by atoms with Crippen LogP contribution in [0.4, 0.5) is 0 Å². The summed E-state index contributed by atoms with van der Waals surface area (Å²) >= 11 is 0. The van der Waals surface area contributed by atoms with Gasteiger partial charge in [-0.3, -0.25) is 14.8 Å². The van der Waals surface area contributed by atoms with E-state index in [9.17, 15) is 4.79 Å². The molecule has 0 aliphatic carbocycles. The van der Waals surface area contributed by atoms with Crippen molar-refractivity contribution in [2.24, 2.45) is 0 Å². The van der Waals surface area contributed by atoms with Crippen molar-refractivity contribution in [3.63, 3.8) is 0 Å². The molecule has 1 saturated heterocycles. The number of carbonyl (C=O) groups is 1. The third kappa shape index (κ3) is 3.23. The van der Waals surface area contributed by atoms with Gasteiger partial charge in [0.1, 0.15) is 6.10 Å². The monoisotopic (exact) mass is 333 g/mol. The Morgan fingerprint density at radius 1 is 1.16 bits per heavy atom. The zero-order valence-electron chi connectivity index (χ0n) is 14.1. The van der Waals surface area contributed by atoms with Crippen molar-refractivity contribution in [1.29, 1.82) is 0 Å². The van der Waals surface area contributed by atoms with Crippen molar-refractivity contribution in [3.05, 3.63) is 71.7 Å². The molecule has 126 valence electrons. The van der Waals surface area contributed by atoms with Crippen molar-refractivity contribution in [3.8, 4) is 0 Å². The van der Waals surface area contributed by atoms with E-state index < -0.39 is 0 Å². The largest absolute Gasteiger partial charge is 0.370 e. The molecule has 5 nitrogen and oxygen atoms in total. The second-order valence-electron chi connectivity index (χ2n) is 6.25. The Morgan fingerprint density at radius 2 is 2.08 bits per heavy atom. The molecule has 0 N–H and O–H groups in total. The van der Waals surface area contributed by atoms with E-state index in [0.717, 1.165) is 22.2 Å². The van der Waals surface area contributed by atoms with E-state index >= 15 is 0 Å². The molecule has 5 heteroatoms. The summed E-state index contributed by atoms with van der Waals surface area (Å²) in [5, 5.41) is 0.975. The molecule has 1 fully saturated rings. The summed E-state index contributed by atoms with van der Waals surface area (Å²) in [5.41, 5.74) is 3.59. The minimum Gasteiger partial charge on any atom is -0.370 e. The molecule has 0 unspecified atom stereocenters. The first kappa shape index (κ1) is 15.7. The van der Waals surface area contributed by atoms with Crippen LogP contribution in [-0.4, -0.2) is 40.5 Å². The molecule has 1 aliphatic heterocycles. The van der Waals surface area contributed by atoms with Gasteiger partial charge in [0.05, 0.1) is 18.7 Å². The molecule has 25 heavy (non-hydrogen) atoms. The van der Waals surface area contributed by atoms with Gasteiger partial charge in [-0.15, -0.1) is 0 Å². The van der Waals surface area contributed by atoms with Crippen LogP contribution in [0.2, 0.25) is 0 Å². The highest BCUT2D eigenvalue weighted by molar-refractivity contribution is 5.98. The Labute approximate surface area is 146 Å². The molecule has 3 aromatic rings. The number of nitrogens with zero attached hydrogens (tertiary/aromatic N) is 3. The van der Waals surface area contributed by atoms with Gasteiger partial charge in [-0.25, -0.2) is 0 Å². The van der Waals surface area contributed by atoms with Gasteiger partial charge in [0.25, 0.3) is 5.91 Å². The lowest BCUT2D eigenvalue weighted by Gasteiger charge is -2.33. The first-order chi connectivity index (χ1) is 12.2. The van der Waals surface area contributed by atoms with Gasteiger partial charge >= 0.3 is 0 Å². The average molecular weight is 333 g/mol. The van der Waals surface area contributed by atoms with Crippen molar-refractivity contribution < 1.29 is 9.53 Å². The van der Waals surface area contributed by atoms with Crippen LogP contribution in [0, 0.1) is 6.92 Å². The Morgan fingerprint density at radius 3 is 2.96 bits per heavy atom.